The van der Waals surface area contributed by atoms with Crippen LogP contribution in [0, 0.1) is 11.6 Å². The van der Waals surface area contributed by atoms with Crippen LogP contribution in [0.4, 0.5) is 22.0 Å². The molecule has 1 aromatic rings. The maximum absolute atomic E-state index is 12.9. The van der Waals surface area contributed by atoms with E-state index < -0.39 is 30.3 Å². The van der Waals surface area contributed by atoms with Crippen molar-refractivity contribution in [3.8, 4) is 0 Å². The Balaban J connectivity index is 2.95. The molecule has 0 saturated carbocycles. The van der Waals surface area contributed by atoms with Crippen LogP contribution in [0.25, 0.3) is 0 Å². The first-order valence-electron chi connectivity index (χ1n) is 5.25. The van der Waals surface area contributed by atoms with Gasteiger partial charge in [-0.05, 0) is 18.2 Å². The van der Waals surface area contributed by atoms with Crippen LogP contribution in [-0.2, 0) is 0 Å². The highest BCUT2D eigenvalue weighted by atomic mass is 19.4. The molecule has 0 atom stereocenters. The maximum atomic E-state index is 12.9. The van der Waals surface area contributed by atoms with E-state index in [9.17, 15) is 26.7 Å². The maximum Gasteiger partial charge on any atom is 0.406 e. The Morgan fingerprint density at radius 3 is 2.32 bits per heavy atom. The lowest BCUT2D eigenvalue weighted by Crippen LogP contribution is -2.41. The monoisotopic (exact) mass is 282 g/mol. The molecule has 0 bridgehead atoms. The predicted octanol–water partition coefficient (Wildman–Crippen LogP) is 1.93. The number of hydrogen-bond donors (Lipinski definition) is 1. The van der Waals surface area contributed by atoms with Gasteiger partial charge in [0.2, 0.25) is 0 Å². The summed E-state index contributed by atoms with van der Waals surface area (Å²) in [7, 11) is 0. The average Bonchev–Trinajstić information content (AvgIpc) is 2.29. The lowest BCUT2D eigenvalue weighted by molar-refractivity contribution is -0.140. The fraction of sp³-hybridized carbons (Fsp3) is 0.364. The van der Waals surface area contributed by atoms with Crippen LogP contribution < -0.4 is 5.73 Å². The van der Waals surface area contributed by atoms with Crippen LogP contribution in [0.3, 0.4) is 0 Å². The number of nitrogens with zero attached hydrogens (tertiary/aromatic N) is 1. The van der Waals surface area contributed by atoms with Gasteiger partial charge in [-0.3, -0.25) is 4.79 Å². The molecule has 8 heteroatoms. The molecule has 0 heterocycles. The smallest absolute Gasteiger partial charge is 0.329 e. The number of rotatable bonds is 4. The van der Waals surface area contributed by atoms with Gasteiger partial charge in [0.15, 0.2) is 11.6 Å². The van der Waals surface area contributed by atoms with Gasteiger partial charge in [0.05, 0.1) is 0 Å². The highest BCUT2D eigenvalue weighted by molar-refractivity contribution is 5.94. The van der Waals surface area contributed by atoms with E-state index in [0.717, 1.165) is 6.07 Å². The van der Waals surface area contributed by atoms with E-state index in [1.54, 1.807) is 0 Å². The summed E-state index contributed by atoms with van der Waals surface area (Å²) in [6.45, 7) is -2.01. The molecule has 0 unspecified atom stereocenters. The molecule has 0 aliphatic carbocycles. The minimum Gasteiger partial charge on any atom is -0.329 e. The normalized spacial score (nSPS) is 11.5. The van der Waals surface area contributed by atoms with Crippen molar-refractivity contribution in [3.63, 3.8) is 0 Å². The van der Waals surface area contributed by atoms with Crippen molar-refractivity contribution in [2.75, 3.05) is 19.6 Å². The number of carbonyl (C=O) groups excluding carboxylic acids is 1. The summed E-state index contributed by atoms with van der Waals surface area (Å²) in [5.74, 6) is -3.54. The van der Waals surface area contributed by atoms with Gasteiger partial charge >= 0.3 is 6.18 Å². The largest absolute Gasteiger partial charge is 0.406 e. The van der Waals surface area contributed by atoms with E-state index in [-0.39, 0.29) is 18.7 Å². The van der Waals surface area contributed by atoms with Crippen LogP contribution in [0.15, 0.2) is 18.2 Å². The zero-order valence-corrected chi connectivity index (χ0v) is 9.68. The van der Waals surface area contributed by atoms with Crippen molar-refractivity contribution in [2.45, 2.75) is 6.18 Å². The summed E-state index contributed by atoms with van der Waals surface area (Å²) in [5.41, 5.74) is 4.76. The predicted molar refractivity (Wildman–Crippen MR) is 57.4 cm³/mol. The van der Waals surface area contributed by atoms with E-state index in [2.05, 4.69) is 0 Å². The average molecular weight is 282 g/mol. The molecule has 19 heavy (non-hydrogen) atoms. The quantitative estimate of drug-likeness (QED) is 0.858. The molecule has 1 amide bonds. The Kier molecular flexibility index (Phi) is 4.82. The van der Waals surface area contributed by atoms with Gasteiger partial charge in [0.25, 0.3) is 5.91 Å². The van der Waals surface area contributed by atoms with Crippen LogP contribution in [0.1, 0.15) is 10.4 Å². The Labute approximate surface area is 105 Å². The molecule has 3 nitrogen and oxygen atoms in total. The fourth-order valence-electron chi connectivity index (χ4n) is 1.44. The standard InChI is InChI=1S/C11H11F5N2O/c12-8-2-1-7(5-9(8)13)10(19)18(4-3-17)6-11(14,15)16/h1-2,5H,3-4,6,17H2. The number of amides is 1. The summed E-state index contributed by atoms with van der Waals surface area (Å²) in [5, 5.41) is 0. The second-order valence-corrected chi connectivity index (χ2v) is 3.76. The molecule has 1 aromatic carbocycles. The summed E-state index contributed by atoms with van der Waals surface area (Å²) in [4.78, 5) is 12.2. The zero-order valence-electron chi connectivity index (χ0n) is 9.68. The van der Waals surface area contributed by atoms with Gasteiger partial charge in [-0.15, -0.1) is 0 Å². The van der Waals surface area contributed by atoms with E-state index in [1.807, 2.05) is 0 Å². The van der Waals surface area contributed by atoms with Crippen molar-refractivity contribution in [2.24, 2.45) is 5.73 Å². The van der Waals surface area contributed by atoms with E-state index in [0.29, 0.717) is 17.0 Å². The molecule has 0 spiro atoms. The topological polar surface area (TPSA) is 46.3 Å². The molecule has 0 fully saturated rings. The Hall–Kier alpha value is -1.70. The lowest BCUT2D eigenvalue weighted by atomic mass is 10.2. The van der Waals surface area contributed by atoms with Gasteiger partial charge in [0, 0.05) is 18.7 Å². The SMILES string of the molecule is NCCN(CC(F)(F)F)C(=O)c1ccc(F)c(F)c1. The van der Waals surface area contributed by atoms with Crippen LogP contribution in [-0.4, -0.2) is 36.6 Å². The zero-order chi connectivity index (χ0) is 14.6. The Bertz CT molecular complexity index is 461. The summed E-state index contributed by atoms with van der Waals surface area (Å²) >= 11 is 0. The van der Waals surface area contributed by atoms with Crippen LogP contribution in [0.5, 0.6) is 0 Å². The fourth-order valence-corrected chi connectivity index (χ4v) is 1.44. The van der Waals surface area contributed by atoms with E-state index in [4.69, 9.17) is 5.73 Å². The second-order valence-electron chi connectivity index (χ2n) is 3.76. The van der Waals surface area contributed by atoms with E-state index >= 15 is 0 Å². The first-order chi connectivity index (χ1) is 8.74. The van der Waals surface area contributed by atoms with Crippen LogP contribution in [0.2, 0.25) is 0 Å². The molecular formula is C11H11F5N2O. The molecule has 0 aliphatic heterocycles. The third-order valence-electron chi connectivity index (χ3n) is 2.22. The van der Waals surface area contributed by atoms with Gasteiger partial charge < -0.3 is 10.6 Å². The summed E-state index contributed by atoms with van der Waals surface area (Å²) in [6, 6.07) is 2.15. The first-order valence-corrected chi connectivity index (χ1v) is 5.25. The number of alkyl halides is 3. The van der Waals surface area contributed by atoms with Gasteiger partial charge in [0.1, 0.15) is 6.54 Å². The molecule has 0 aromatic heterocycles. The number of halogens is 5. The third-order valence-corrected chi connectivity index (χ3v) is 2.22. The second kappa shape index (κ2) is 5.96. The molecule has 2 N–H and O–H groups in total. The summed E-state index contributed by atoms with van der Waals surface area (Å²) < 4.78 is 62.5. The Morgan fingerprint density at radius 1 is 1.21 bits per heavy atom. The Morgan fingerprint density at radius 2 is 1.84 bits per heavy atom. The van der Waals surface area contributed by atoms with Crippen molar-refractivity contribution in [3.05, 3.63) is 35.4 Å². The van der Waals surface area contributed by atoms with Crippen molar-refractivity contribution >= 4 is 5.91 Å². The lowest BCUT2D eigenvalue weighted by Gasteiger charge is -2.23. The van der Waals surface area contributed by atoms with Gasteiger partial charge in [-0.2, -0.15) is 13.2 Å². The molecule has 0 saturated heterocycles. The highest BCUT2D eigenvalue weighted by Crippen LogP contribution is 2.18. The molecule has 106 valence electrons. The van der Waals surface area contributed by atoms with Crippen molar-refractivity contribution in [1.82, 2.24) is 4.90 Å². The summed E-state index contributed by atoms with van der Waals surface area (Å²) in [6.07, 6.45) is -4.59. The first kappa shape index (κ1) is 15.4. The van der Waals surface area contributed by atoms with Crippen molar-refractivity contribution in [1.29, 1.82) is 0 Å². The minimum absolute atomic E-state index is 0.175. The van der Waals surface area contributed by atoms with E-state index in [1.165, 1.54) is 0 Å². The number of nitrogens with two attached hydrogens (primary N) is 1. The number of benzene rings is 1. The molecule has 0 aliphatic rings. The number of hydrogen-bond acceptors (Lipinski definition) is 2. The van der Waals surface area contributed by atoms with Crippen LogP contribution >= 0.6 is 0 Å². The highest BCUT2D eigenvalue weighted by Gasteiger charge is 2.33. The molecule has 1 rings (SSSR count). The number of carbonyl (C=O) groups is 1. The molecule has 0 radical (unpaired) electrons. The molecular weight excluding hydrogens is 271 g/mol. The minimum atomic E-state index is -4.59. The van der Waals surface area contributed by atoms with Gasteiger partial charge in [-0.1, -0.05) is 0 Å². The van der Waals surface area contributed by atoms with Crippen molar-refractivity contribution < 1.29 is 26.7 Å². The van der Waals surface area contributed by atoms with Gasteiger partial charge in [-0.25, -0.2) is 8.78 Å². The third kappa shape index (κ3) is 4.47.